The van der Waals surface area contributed by atoms with Gasteiger partial charge in [0, 0.05) is 13.0 Å². The Morgan fingerprint density at radius 3 is 2.45 bits per heavy atom. The zero-order valence-electron chi connectivity index (χ0n) is 12.0. The predicted molar refractivity (Wildman–Crippen MR) is 73.4 cm³/mol. The highest BCUT2D eigenvalue weighted by molar-refractivity contribution is 5.79. The lowest BCUT2D eigenvalue weighted by atomic mass is 9.51. The van der Waals surface area contributed by atoms with Gasteiger partial charge in [0.2, 0.25) is 5.91 Å². The van der Waals surface area contributed by atoms with Crippen LogP contribution in [0.3, 0.4) is 0 Å². The van der Waals surface area contributed by atoms with E-state index < -0.39 is 0 Å². The number of amides is 1. The second kappa shape index (κ2) is 4.57. The van der Waals surface area contributed by atoms with Gasteiger partial charge in [-0.25, -0.2) is 4.98 Å². The molecule has 1 amide bonds. The third-order valence-corrected chi connectivity index (χ3v) is 5.74. The minimum absolute atomic E-state index is 0.274. The summed E-state index contributed by atoms with van der Waals surface area (Å²) in [4.78, 5) is 18.8. The number of nitrogens with zero attached hydrogens (tertiary/aromatic N) is 3. The molecule has 0 aliphatic heterocycles. The van der Waals surface area contributed by atoms with E-state index in [1.165, 1.54) is 38.4 Å². The van der Waals surface area contributed by atoms with E-state index in [4.69, 9.17) is 0 Å². The number of aromatic nitrogens is 3. The number of hydrogen-bond donors (Lipinski definition) is 1. The van der Waals surface area contributed by atoms with Gasteiger partial charge < -0.3 is 4.90 Å². The number of nitrogens with one attached hydrogen (secondary N) is 1. The molecule has 5 rings (SSSR count). The molecule has 0 spiro atoms. The van der Waals surface area contributed by atoms with Gasteiger partial charge in [-0.1, -0.05) is 0 Å². The molecule has 0 radical (unpaired) electrons. The smallest absolute Gasteiger partial charge is 0.226 e. The maximum atomic E-state index is 12.8. The maximum Gasteiger partial charge on any atom is 0.226 e. The Kier molecular flexibility index (Phi) is 2.82. The van der Waals surface area contributed by atoms with E-state index in [-0.39, 0.29) is 5.92 Å². The van der Waals surface area contributed by atoms with Gasteiger partial charge >= 0.3 is 0 Å². The molecule has 4 bridgehead atoms. The Hall–Kier alpha value is -1.39. The normalized spacial score (nSPS) is 38.1. The molecule has 1 N–H and O–H groups in total. The lowest BCUT2D eigenvalue weighted by Gasteiger charge is -2.54. The van der Waals surface area contributed by atoms with Gasteiger partial charge in [-0.05, 0) is 55.8 Å². The lowest BCUT2D eigenvalue weighted by molar-refractivity contribution is -0.148. The van der Waals surface area contributed by atoms with Crippen LogP contribution in [0.1, 0.15) is 37.9 Å². The molecular weight excluding hydrogens is 252 g/mol. The first-order valence-electron chi connectivity index (χ1n) is 7.80. The first-order valence-corrected chi connectivity index (χ1v) is 7.80. The van der Waals surface area contributed by atoms with E-state index in [1.807, 2.05) is 11.9 Å². The molecule has 1 aromatic rings. The van der Waals surface area contributed by atoms with Gasteiger partial charge in [-0.3, -0.25) is 9.89 Å². The number of H-pyrrole nitrogens is 1. The zero-order chi connectivity index (χ0) is 13.7. The van der Waals surface area contributed by atoms with Crippen molar-refractivity contribution in [2.75, 3.05) is 7.05 Å². The number of hydrogen-bond acceptors (Lipinski definition) is 3. The molecule has 0 aromatic carbocycles. The minimum atomic E-state index is 0.274. The molecule has 108 valence electrons. The van der Waals surface area contributed by atoms with Gasteiger partial charge in [-0.15, -0.1) is 0 Å². The summed E-state index contributed by atoms with van der Waals surface area (Å²) in [5.41, 5.74) is 0. The summed E-state index contributed by atoms with van der Waals surface area (Å²) in [6.45, 7) is 0.543. The number of carbonyl (C=O) groups excluding carboxylic acids is 1. The SMILES string of the molecule is CN(Cc1ncn[nH]1)C(=O)C1C2CC3CC(C2)CC1C3. The van der Waals surface area contributed by atoms with E-state index >= 15 is 0 Å². The standard InChI is InChI=1S/C15H22N4O/c1-19(7-13-16-8-17-18-13)15(20)14-11-3-9-2-10(5-11)6-12(14)4-9/h8-12,14H,2-7H2,1H3,(H,16,17,18). The molecule has 4 fully saturated rings. The van der Waals surface area contributed by atoms with Crippen LogP contribution in [0.25, 0.3) is 0 Å². The second-order valence-corrected chi connectivity index (χ2v) is 7.08. The first-order chi connectivity index (χ1) is 9.70. The number of aromatic amines is 1. The second-order valence-electron chi connectivity index (χ2n) is 7.08. The Labute approximate surface area is 119 Å². The van der Waals surface area contributed by atoms with Crippen LogP contribution < -0.4 is 0 Å². The quantitative estimate of drug-likeness (QED) is 0.914. The lowest BCUT2D eigenvalue weighted by Crippen LogP contribution is -2.51. The first kappa shape index (κ1) is 12.4. The fraction of sp³-hybridized carbons (Fsp3) is 0.800. The summed E-state index contributed by atoms with van der Waals surface area (Å²) in [6, 6.07) is 0. The average Bonchev–Trinajstić information content (AvgIpc) is 2.90. The summed E-state index contributed by atoms with van der Waals surface area (Å²) in [7, 11) is 1.90. The topological polar surface area (TPSA) is 61.9 Å². The fourth-order valence-corrected chi connectivity index (χ4v) is 5.19. The van der Waals surface area contributed by atoms with E-state index in [2.05, 4.69) is 15.2 Å². The zero-order valence-corrected chi connectivity index (χ0v) is 12.0. The number of carbonyl (C=O) groups is 1. The van der Waals surface area contributed by atoms with Crippen LogP contribution in [-0.4, -0.2) is 33.0 Å². The summed E-state index contributed by atoms with van der Waals surface area (Å²) >= 11 is 0. The van der Waals surface area contributed by atoms with E-state index in [9.17, 15) is 4.79 Å². The van der Waals surface area contributed by atoms with Crippen molar-refractivity contribution in [1.82, 2.24) is 20.1 Å². The van der Waals surface area contributed by atoms with E-state index in [0.717, 1.165) is 17.7 Å². The average molecular weight is 274 g/mol. The Morgan fingerprint density at radius 1 is 1.25 bits per heavy atom. The monoisotopic (exact) mass is 274 g/mol. The Balaban J connectivity index is 1.48. The molecule has 4 aliphatic rings. The molecule has 0 saturated heterocycles. The van der Waals surface area contributed by atoms with Crippen molar-refractivity contribution in [3.8, 4) is 0 Å². The van der Waals surface area contributed by atoms with Gasteiger partial charge in [0.05, 0.1) is 6.54 Å². The summed E-state index contributed by atoms with van der Waals surface area (Å²) in [6.07, 6.45) is 8.09. The Morgan fingerprint density at radius 2 is 1.90 bits per heavy atom. The van der Waals surface area contributed by atoms with Gasteiger partial charge in [-0.2, -0.15) is 5.10 Å². The molecular formula is C15H22N4O. The summed E-state index contributed by atoms with van der Waals surface area (Å²) in [5.74, 6) is 4.50. The van der Waals surface area contributed by atoms with Crippen molar-refractivity contribution >= 4 is 5.91 Å². The van der Waals surface area contributed by atoms with Crippen LogP contribution in [0.2, 0.25) is 0 Å². The van der Waals surface area contributed by atoms with E-state index in [1.54, 1.807) is 0 Å². The van der Waals surface area contributed by atoms with Crippen LogP contribution in [0.5, 0.6) is 0 Å². The highest BCUT2D eigenvalue weighted by Crippen LogP contribution is 2.56. The molecule has 20 heavy (non-hydrogen) atoms. The Bertz CT molecular complexity index is 470. The van der Waals surface area contributed by atoms with Crippen molar-refractivity contribution in [1.29, 1.82) is 0 Å². The molecule has 4 aliphatic carbocycles. The van der Waals surface area contributed by atoms with Crippen LogP contribution in [0.4, 0.5) is 0 Å². The summed E-state index contributed by atoms with van der Waals surface area (Å²) in [5, 5.41) is 6.68. The van der Waals surface area contributed by atoms with Crippen molar-refractivity contribution in [2.24, 2.45) is 29.6 Å². The summed E-state index contributed by atoms with van der Waals surface area (Å²) < 4.78 is 0. The molecule has 5 nitrogen and oxygen atoms in total. The molecule has 0 atom stereocenters. The van der Waals surface area contributed by atoms with Gasteiger partial charge in [0.15, 0.2) is 0 Å². The minimum Gasteiger partial charge on any atom is -0.338 e. The largest absolute Gasteiger partial charge is 0.338 e. The van der Waals surface area contributed by atoms with Crippen LogP contribution in [-0.2, 0) is 11.3 Å². The van der Waals surface area contributed by atoms with Crippen molar-refractivity contribution in [2.45, 2.75) is 38.6 Å². The number of rotatable bonds is 3. The highest BCUT2D eigenvalue weighted by atomic mass is 16.2. The van der Waals surface area contributed by atoms with Gasteiger partial charge in [0.25, 0.3) is 0 Å². The van der Waals surface area contributed by atoms with Crippen molar-refractivity contribution in [3.63, 3.8) is 0 Å². The molecule has 4 saturated carbocycles. The predicted octanol–water partition coefficient (Wildman–Crippen LogP) is 1.84. The van der Waals surface area contributed by atoms with Crippen molar-refractivity contribution < 1.29 is 4.79 Å². The van der Waals surface area contributed by atoms with Crippen LogP contribution in [0.15, 0.2) is 6.33 Å². The molecule has 0 unspecified atom stereocenters. The fourth-order valence-electron chi connectivity index (χ4n) is 5.19. The van der Waals surface area contributed by atoms with Crippen LogP contribution in [0, 0.1) is 29.6 Å². The van der Waals surface area contributed by atoms with Crippen molar-refractivity contribution in [3.05, 3.63) is 12.2 Å². The van der Waals surface area contributed by atoms with Crippen LogP contribution >= 0.6 is 0 Å². The highest BCUT2D eigenvalue weighted by Gasteiger charge is 2.51. The molecule has 1 heterocycles. The van der Waals surface area contributed by atoms with Gasteiger partial charge in [0.1, 0.15) is 12.2 Å². The third kappa shape index (κ3) is 1.95. The molecule has 5 heteroatoms. The maximum absolute atomic E-state index is 12.8. The molecule has 1 aromatic heterocycles. The third-order valence-electron chi connectivity index (χ3n) is 5.74. The van der Waals surface area contributed by atoms with E-state index in [0.29, 0.717) is 24.3 Å².